The first-order valence-corrected chi connectivity index (χ1v) is 11.1. The first-order chi connectivity index (χ1) is 13.3. The van der Waals surface area contributed by atoms with Gasteiger partial charge in [-0.1, -0.05) is 23.9 Å². The predicted octanol–water partition coefficient (Wildman–Crippen LogP) is 2.86. The molecule has 2 aliphatic heterocycles. The Kier molecular flexibility index (Phi) is 4.90. The van der Waals surface area contributed by atoms with Gasteiger partial charge < -0.3 is 4.74 Å². The van der Waals surface area contributed by atoms with E-state index < -0.39 is 10.0 Å². The lowest BCUT2D eigenvalue weighted by molar-refractivity contribution is -0.127. The summed E-state index contributed by atoms with van der Waals surface area (Å²) < 4.78 is 32.5. The molecular formula is C19H18N2O5S2. The molecule has 2 aromatic carbocycles. The van der Waals surface area contributed by atoms with E-state index >= 15 is 0 Å². The molecule has 2 aromatic rings. The van der Waals surface area contributed by atoms with Crippen LogP contribution in [-0.2, 0) is 14.8 Å². The van der Waals surface area contributed by atoms with E-state index in [4.69, 9.17) is 4.74 Å². The van der Waals surface area contributed by atoms with E-state index in [1.165, 1.54) is 21.3 Å². The van der Waals surface area contributed by atoms with E-state index in [2.05, 4.69) is 0 Å². The third-order valence-corrected chi connectivity index (χ3v) is 7.35. The first kappa shape index (κ1) is 19.0. The summed E-state index contributed by atoms with van der Waals surface area (Å²) in [5.74, 6) is 1.09. The van der Waals surface area contributed by atoms with E-state index in [9.17, 15) is 18.0 Å². The van der Waals surface area contributed by atoms with Gasteiger partial charge in [-0.2, -0.15) is 4.31 Å². The lowest BCUT2D eigenvalue weighted by Gasteiger charge is -2.41. The summed E-state index contributed by atoms with van der Waals surface area (Å²) >= 11 is 0.955. The minimum Gasteiger partial charge on any atom is -0.457 e. The lowest BCUT2D eigenvalue weighted by Crippen LogP contribution is -2.61. The molecule has 0 unspecified atom stereocenters. The molecule has 0 bridgehead atoms. The number of hydrogen-bond acceptors (Lipinski definition) is 6. The van der Waals surface area contributed by atoms with E-state index in [0.717, 1.165) is 17.3 Å². The van der Waals surface area contributed by atoms with E-state index in [1.54, 1.807) is 12.1 Å². The van der Waals surface area contributed by atoms with Crippen molar-refractivity contribution in [1.82, 2.24) is 9.21 Å². The Hall–Kier alpha value is -2.36. The highest BCUT2D eigenvalue weighted by atomic mass is 32.2. The summed E-state index contributed by atoms with van der Waals surface area (Å²) in [6.07, 6.45) is 0. The Labute approximate surface area is 167 Å². The summed E-state index contributed by atoms with van der Waals surface area (Å²) in [6.45, 7) is 2.22. The number of carbonyl (C=O) groups excluding carboxylic acids is 2. The maximum atomic E-state index is 12.7. The Morgan fingerprint density at radius 3 is 2.36 bits per heavy atom. The van der Waals surface area contributed by atoms with E-state index in [1.807, 2.05) is 31.2 Å². The summed E-state index contributed by atoms with van der Waals surface area (Å²) in [7, 11) is -3.67. The number of amides is 2. The highest BCUT2D eigenvalue weighted by Gasteiger charge is 2.45. The van der Waals surface area contributed by atoms with Crippen LogP contribution in [0.5, 0.6) is 11.5 Å². The number of aryl methyl sites for hydroxylation is 1. The number of thioether (sulfide) groups is 1. The Bertz CT molecular complexity index is 1010. The monoisotopic (exact) mass is 418 g/mol. The average Bonchev–Trinajstić information content (AvgIpc) is 2.93. The van der Waals surface area contributed by atoms with Gasteiger partial charge >= 0.3 is 0 Å². The van der Waals surface area contributed by atoms with Crippen LogP contribution in [0.2, 0.25) is 0 Å². The topological polar surface area (TPSA) is 84.0 Å². The molecule has 0 atom stereocenters. The average molecular weight is 418 g/mol. The molecule has 28 heavy (non-hydrogen) atoms. The van der Waals surface area contributed by atoms with Crippen molar-refractivity contribution in [1.29, 1.82) is 0 Å². The fourth-order valence-electron chi connectivity index (χ4n) is 3.14. The highest BCUT2D eigenvalue weighted by Crippen LogP contribution is 2.30. The van der Waals surface area contributed by atoms with Crippen molar-refractivity contribution in [2.45, 2.75) is 17.9 Å². The molecule has 2 saturated heterocycles. The first-order valence-electron chi connectivity index (χ1n) is 8.68. The van der Waals surface area contributed by atoms with E-state index in [0.29, 0.717) is 11.5 Å². The molecule has 0 saturated carbocycles. The van der Waals surface area contributed by atoms with Crippen LogP contribution < -0.4 is 4.74 Å². The normalized spacial score (nSPS) is 18.4. The summed E-state index contributed by atoms with van der Waals surface area (Å²) in [5, 5.41) is -0.301. The zero-order valence-corrected chi connectivity index (χ0v) is 16.7. The van der Waals surface area contributed by atoms with Gasteiger partial charge in [0.15, 0.2) is 0 Å². The van der Waals surface area contributed by atoms with Gasteiger partial charge in [-0.15, -0.1) is 0 Å². The van der Waals surface area contributed by atoms with Gasteiger partial charge in [-0.25, -0.2) is 8.42 Å². The quantitative estimate of drug-likeness (QED) is 0.742. The third-order valence-electron chi connectivity index (χ3n) is 4.67. The van der Waals surface area contributed by atoms with Crippen LogP contribution in [-0.4, -0.2) is 53.7 Å². The van der Waals surface area contributed by atoms with Crippen LogP contribution in [0, 0.1) is 6.92 Å². The van der Waals surface area contributed by atoms with Crippen LogP contribution in [0.25, 0.3) is 0 Å². The lowest BCUT2D eigenvalue weighted by atomic mass is 10.1. The molecular weight excluding hydrogens is 400 g/mol. The van der Waals surface area contributed by atoms with Crippen molar-refractivity contribution in [3.05, 3.63) is 54.1 Å². The zero-order chi connectivity index (χ0) is 19.9. The largest absolute Gasteiger partial charge is 0.457 e. The molecule has 2 aliphatic rings. The minimum atomic E-state index is -3.67. The van der Waals surface area contributed by atoms with Crippen molar-refractivity contribution in [3.8, 4) is 11.5 Å². The fourth-order valence-corrected chi connectivity index (χ4v) is 5.43. The fraction of sp³-hybridized carbons (Fsp3) is 0.263. The van der Waals surface area contributed by atoms with Crippen molar-refractivity contribution >= 4 is 32.9 Å². The van der Waals surface area contributed by atoms with Crippen molar-refractivity contribution in [2.24, 2.45) is 0 Å². The molecule has 2 heterocycles. The molecule has 0 radical (unpaired) electrons. The second kappa shape index (κ2) is 7.23. The number of benzene rings is 2. The van der Waals surface area contributed by atoms with Crippen molar-refractivity contribution in [2.75, 3.05) is 18.8 Å². The smallest absolute Gasteiger partial charge is 0.289 e. The third kappa shape index (κ3) is 3.52. The molecule has 2 fully saturated rings. The van der Waals surface area contributed by atoms with Crippen LogP contribution in [0.4, 0.5) is 4.79 Å². The second-order valence-corrected chi connectivity index (χ2v) is 9.55. The Morgan fingerprint density at radius 2 is 1.75 bits per heavy atom. The van der Waals surface area contributed by atoms with Gasteiger partial charge in [0.2, 0.25) is 15.9 Å². The van der Waals surface area contributed by atoms with Crippen LogP contribution >= 0.6 is 11.8 Å². The molecule has 0 aromatic heterocycles. The molecule has 0 spiro atoms. The minimum absolute atomic E-state index is 0.127. The number of rotatable bonds is 5. The molecule has 0 N–H and O–H groups in total. The molecule has 2 amide bonds. The SMILES string of the molecule is Cc1cccc(Oc2ccc(S(=O)(=O)N3CC(N4C(=O)CSC4=O)C3)cc2)c1. The van der Waals surface area contributed by atoms with Gasteiger partial charge in [0, 0.05) is 13.1 Å². The van der Waals surface area contributed by atoms with Crippen LogP contribution in [0.3, 0.4) is 0 Å². The number of sulfonamides is 1. The summed E-state index contributed by atoms with van der Waals surface area (Å²) in [6, 6.07) is 13.4. The van der Waals surface area contributed by atoms with Crippen LogP contribution in [0.15, 0.2) is 53.4 Å². The standard InChI is InChI=1S/C19H18N2O5S2/c1-13-3-2-4-16(9-13)26-15-5-7-17(8-6-15)28(24,25)20-10-14(11-20)21-18(22)12-27-19(21)23/h2-9,14H,10-12H2,1H3. The Balaban J connectivity index is 1.42. The number of nitrogens with zero attached hydrogens (tertiary/aromatic N) is 2. The molecule has 146 valence electrons. The number of ether oxygens (including phenoxy) is 1. The maximum Gasteiger partial charge on any atom is 0.289 e. The predicted molar refractivity (Wildman–Crippen MR) is 105 cm³/mol. The number of carbonyl (C=O) groups is 2. The van der Waals surface area contributed by atoms with Crippen molar-refractivity contribution in [3.63, 3.8) is 0 Å². The van der Waals surface area contributed by atoms with Gasteiger partial charge in [0.05, 0.1) is 16.7 Å². The van der Waals surface area contributed by atoms with Gasteiger partial charge in [0.25, 0.3) is 5.24 Å². The molecule has 4 rings (SSSR count). The van der Waals surface area contributed by atoms with Crippen LogP contribution in [0.1, 0.15) is 5.56 Å². The Morgan fingerprint density at radius 1 is 1.04 bits per heavy atom. The molecule has 0 aliphatic carbocycles. The summed E-state index contributed by atoms with van der Waals surface area (Å²) in [5.41, 5.74) is 1.07. The second-order valence-electron chi connectivity index (χ2n) is 6.68. The number of hydrogen-bond donors (Lipinski definition) is 0. The maximum absolute atomic E-state index is 12.7. The van der Waals surface area contributed by atoms with Gasteiger partial charge in [-0.3, -0.25) is 14.5 Å². The van der Waals surface area contributed by atoms with Gasteiger partial charge in [-0.05, 0) is 48.9 Å². The van der Waals surface area contributed by atoms with E-state index in [-0.39, 0.29) is 40.9 Å². The summed E-state index contributed by atoms with van der Waals surface area (Å²) in [4.78, 5) is 24.8. The molecule has 9 heteroatoms. The van der Waals surface area contributed by atoms with Crippen molar-refractivity contribution < 1.29 is 22.7 Å². The highest BCUT2D eigenvalue weighted by molar-refractivity contribution is 8.14. The van der Waals surface area contributed by atoms with Gasteiger partial charge in [0.1, 0.15) is 11.5 Å². The zero-order valence-electron chi connectivity index (χ0n) is 15.1. The number of imide groups is 1. The molecule has 7 nitrogen and oxygen atoms in total.